The number of hydrogen-bond donors (Lipinski definition) is 1. The molecule has 7 rings (SSSR count). The highest BCUT2D eigenvalue weighted by atomic mass is 35.5. The first-order valence-corrected chi connectivity index (χ1v) is 17.6. The summed E-state index contributed by atoms with van der Waals surface area (Å²) < 4.78 is 40.7. The van der Waals surface area contributed by atoms with Gasteiger partial charge in [-0.1, -0.05) is 11.6 Å². The molecule has 15 heteroatoms. The maximum Gasteiger partial charge on any atom is 0.283 e. The number of carbonyl (C=O) groups excluding carboxylic acids is 2. The Morgan fingerprint density at radius 2 is 1.89 bits per heavy atom. The number of hydrogen-bond acceptors (Lipinski definition) is 9. The molecule has 0 bridgehead atoms. The lowest BCUT2D eigenvalue weighted by Crippen LogP contribution is -2.58. The number of H-pyrrole nitrogens is 1. The largest absolute Gasteiger partial charge is 0.347 e. The van der Waals surface area contributed by atoms with Crippen LogP contribution in [0.3, 0.4) is 0 Å². The second-order valence-corrected chi connectivity index (χ2v) is 15.4. The molecule has 3 fully saturated rings. The van der Waals surface area contributed by atoms with E-state index in [0.29, 0.717) is 60.1 Å². The number of aromatic nitrogens is 2. The van der Waals surface area contributed by atoms with E-state index in [1.807, 2.05) is 7.05 Å². The van der Waals surface area contributed by atoms with Crippen LogP contribution in [0.5, 0.6) is 0 Å². The zero-order chi connectivity index (χ0) is 30.6. The molecule has 236 valence electrons. The van der Waals surface area contributed by atoms with Crippen molar-refractivity contribution in [1.82, 2.24) is 29.0 Å². The summed E-state index contributed by atoms with van der Waals surface area (Å²) in [4.78, 5) is 42.0. The Morgan fingerprint density at radius 1 is 1.11 bits per heavy atom. The van der Waals surface area contributed by atoms with Crippen LogP contribution in [-0.4, -0.2) is 121 Å². The Balaban J connectivity index is 1.13. The molecule has 6 heterocycles. The smallest absolute Gasteiger partial charge is 0.283 e. The number of sulfonamides is 1. The molecular formula is C29H35ClN6O6S2. The minimum absolute atomic E-state index is 0.00259. The first-order chi connectivity index (χ1) is 21.1. The Kier molecular flexibility index (Phi) is 7.96. The van der Waals surface area contributed by atoms with Crippen molar-refractivity contribution in [1.29, 1.82) is 0 Å². The van der Waals surface area contributed by atoms with E-state index >= 15 is 0 Å². The molecule has 0 radical (unpaired) electrons. The van der Waals surface area contributed by atoms with Crippen LogP contribution in [0.25, 0.3) is 10.9 Å². The summed E-state index contributed by atoms with van der Waals surface area (Å²) in [5.74, 6) is -0.996. The molecule has 4 aliphatic rings. The van der Waals surface area contributed by atoms with Crippen LogP contribution in [0, 0.1) is 0 Å². The molecule has 2 aromatic heterocycles. The van der Waals surface area contributed by atoms with Gasteiger partial charge in [-0.25, -0.2) is 13.4 Å². The van der Waals surface area contributed by atoms with Crippen LogP contribution in [0.15, 0.2) is 29.3 Å². The summed E-state index contributed by atoms with van der Waals surface area (Å²) >= 11 is 7.52. The van der Waals surface area contributed by atoms with Crippen molar-refractivity contribution < 1.29 is 27.5 Å². The number of halogens is 1. The topological polar surface area (TPSA) is 128 Å². The van der Waals surface area contributed by atoms with Crippen LogP contribution in [0.1, 0.15) is 39.6 Å². The van der Waals surface area contributed by atoms with E-state index < -0.39 is 21.9 Å². The molecule has 1 atom stereocenters. The Bertz CT molecular complexity index is 1690. The molecule has 1 unspecified atom stereocenters. The third kappa shape index (κ3) is 5.65. The van der Waals surface area contributed by atoms with Crippen LogP contribution >= 0.6 is 22.9 Å². The van der Waals surface area contributed by atoms with Gasteiger partial charge in [0.1, 0.15) is 5.03 Å². The minimum Gasteiger partial charge on any atom is -0.347 e. The number of piperidine rings is 1. The van der Waals surface area contributed by atoms with E-state index in [2.05, 4.69) is 14.9 Å². The highest BCUT2D eigenvalue weighted by Gasteiger charge is 2.43. The summed E-state index contributed by atoms with van der Waals surface area (Å²) in [5.41, 5.74) is 1.60. The van der Waals surface area contributed by atoms with Gasteiger partial charge in [-0.3, -0.25) is 9.59 Å². The van der Waals surface area contributed by atoms with Crippen molar-refractivity contribution in [2.24, 2.45) is 0 Å². The van der Waals surface area contributed by atoms with Crippen LogP contribution in [0.4, 0.5) is 0 Å². The van der Waals surface area contributed by atoms with Gasteiger partial charge in [-0.05, 0) is 31.3 Å². The minimum atomic E-state index is -3.95. The number of fused-ring (bicyclic) bond motifs is 2. The van der Waals surface area contributed by atoms with E-state index in [9.17, 15) is 18.0 Å². The summed E-state index contributed by atoms with van der Waals surface area (Å²) in [6, 6.07) is 6.06. The lowest BCUT2D eigenvalue weighted by Gasteiger charge is -2.42. The summed E-state index contributed by atoms with van der Waals surface area (Å²) in [6.45, 7) is 3.93. The Morgan fingerprint density at radius 3 is 2.66 bits per heavy atom. The number of likely N-dealkylation sites (N-methyl/N-ethyl adjacent to an activating group) is 1. The normalized spacial score (nSPS) is 23.0. The highest BCUT2D eigenvalue weighted by molar-refractivity contribution is 7.89. The average molecular weight is 663 g/mol. The fraction of sp³-hybridized carbons (Fsp3) is 0.552. The predicted molar refractivity (Wildman–Crippen MR) is 164 cm³/mol. The molecule has 1 spiro atoms. The number of ether oxygens (including phenoxy) is 2. The summed E-state index contributed by atoms with van der Waals surface area (Å²) in [5, 5.41) is 1.64. The van der Waals surface area contributed by atoms with Crippen molar-refractivity contribution >= 4 is 55.7 Å². The van der Waals surface area contributed by atoms with Crippen LogP contribution < -0.4 is 0 Å². The third-order valence-corrected chi connectivity index (χ3v) is 12.2. The standard InChI is InChI=1S/C29H35ClN6O6S2/c1-33-7-4-23-24(18-33)43-27(32-23)28(38)36-11-10-35(44(39,40)25-15-19-14-20(30)2-3-22(19)31-25)17-21(36)16-26(37)34-8-5-29(6-9-34)41-12-13-42-29/h2-3,14-15,21,31H,4-13,16-18H2,1H3. The van der Waals surface area contributed by atoms with Gasteiger partial charge in [0.05, 0.1) is 24.9 Å². The third-order valence-electron chi connectivity index (χ3n) is 9.09. The molecule has 3 saturated heterocycles. The monoisotopic (exact) mass is 662 g/mol. The van der Waals surface area contributed by atoms with Crippen molar-refractivity contribution in [2.45, 2.75) is 49.1 Å². The molecule has 0 aliphatic carbocycles. The van der Waals surface area contributed by atoms with Crippen LogP contribution in [0.2, 0.25) is 5.02 Å². The Hall–Kier alpha value is -2.59. The molecule has 2 amide bonds. The van der Waals surface area contributed by atoms with E-state index in [1.165, 1.54) is 15.6 Å². The van der Waals surface area contributed by atoms with Gasteiger partial charge in [-0.2, -0.15) is 4.31 Å². The predicted octanol–water partition coefficient (Wildman–Crippen LogP) is 2.54. The summed E-state index contributed by atoms with van der Waals surface area (Å²) in [7, 11) is -1.91. The van der Waals surface area contributed by atoms with Gasteiger partial charge >= 0.3 is 0 Å². The maximum absolute atomic E-state index is 13.9. The van der Waals surface area contributed by atoms with E-state index in [4.69, 9.17) is 21.1 Å². The molecule has 44 heavy (non-hydrogen) atoms. The lowest BCUT2D eigenvalue weighted by atomic mass is 10.0. The SMILES string of the molecule is CN1CCc2nc(C(=O)N3CCN(S(=O)(=O)c4cc5cc(Cl)ccc5[nH]4)CC3CC(=O)N3CCC4(CC3)OCCO4)sc2C1. The van der Waals surface area contributed by atoms with Gasteiger partial charge < -0.3 is 29.2 Å². The molecule has 1 N–H and O–H groups in total. The van der Waals surface area contributed by atoms with Crippen molar-refractivity contribution in [3.8, 4) is 0 Å². The molecular weight excluding hydrogens is 628 g/mol. The molecule has 0 saturated carbocycles. The quantitative estimate of drug-likeness (QED) is 0.442. The number of benzene rings is 1. The van der Waals surface area contributed by atoms with E-state index in [-0.39, 0.29) is 42.9 Å². The summed E-state index contributed by atoms with van der Waals surface area (Å²) in [6.07, 6.45) is 1.94. The molecule has 3 aromatic rings. The number of amides is 2. The van der Waals surface area contributed by atoms with Crippen LogP contribution in [-0.2, 0) is 37.3 Å². The van der Waals surface area contributed by atoms with E-state index in [1.54, 1.807) is 34.1 Å². The van der Waals surface area contributed by atoms with Gasteiger partial charge in [0.25, 0.3) is 15.9 Å². The van der Waals surface area contributed by atoms with Gasteiger partial charge in [0.15, 0.2) is 10.8 Å². The number of thiazole rings is 1. The number of likely N-dealkylation sites (tertiary alicyclic amines) is 1. The molecule has 12 nitrogen and oxygen atoms in total. The number of carbonyl (C=O) groups is 2. The number of aromatic amines is 1. The van der Waals surface area contributed by atoms with Crippen molar-refractivity contribution in [3.05, 3.63) is 44.9 Å². The Labute approximate surface area is 264 Å². The van der Waals surface area contributed by atoms with Gasteiger partial charge in [0, 0.05) is 92.3 Å². The first kappa shape index (κ1) is 30.1. The number of nitrogens with one attached hydrogen (secondary N) is 1. The zero-order valence-electron chi connectivity index (χ0n) is 24.5. The fourth-order valence-electron chi connectivity index (χ4n) is 6.59. The number of piperazine rings is 1. The molecule has 1 aromatic carbocycles. The van der Waals surface area contributed by atoms with Crippen molar-refractivity contribution in [2.75, 3.05) is 59.5 Å². The highest BCUT2D eigenvalue weighted by Crippen LogP contribution is 2.33. The number of rotatable bonds is 5. The second kappa shape index (κ2) is 11.6. The van der Waals surface area contributed by atoms with E-state index in [0.717, 1.165) is 30.1 Å². The fourth-order valence-corrected chi connectivity index (χ4v) is 9.40. The van der Waals surface area contributed by atoms with Crippen molar-refractivity contribution in [3.63, 3.8) is 0 Å². The second-order valence-electron chi connectivity index (χ2n) is 11.9. The number of nitrogens with zero attached hydrogens (tertiary/aromatic N) is 5. The molecule has 4 aliphatic heterocycles. The zero-order valence-corrected chi connectivity index (χ0v) is 26.8. The van der Waals surface area contributed by atoms with Gasteiger partial charge in [-0.15, -0.1) is 11.3 Å². The first-order valence-electron chi connectivity index (χ1n) is 14.9. The average Bonchev–Trinajstić information content (AvgIpc) is 3.75. The van der Waals surface area contributed by atoms with Gasteiger partial charge in [0.2, 0.25) is 5.91 Å². The lowest BCUT2D eigenvalue weighted by molar-refractivity contribution is -0.187. The maximum atomic E-state index is 13.9.